The Kier molecular flexibility index (Phi) is 4.26. The first kappa shape index (κ1) is 21.6. The number of aryl methyl sites for hydroxylation is 1. The zero-order valence-electron chi connectivity index (χ0n) is 21.7. The SMILES string of the molecule is Cc1ccc(-c2ccc(-c3cccc4oc5ccccc5c34)c3c2oc2ccccc23)c2oc3ccccc3c12. The Labute approximate surface area is 228 Å². The minimum atomic E-state index is 0.856. The van der Waals surface area contributed by atoms with E-state index in [0.29, 0.717) is 0 Å². The van der Waals surface area contributed by atoms with Gasteiger partial charge in [-0.2, -0.15) is 0 Å². The lowest BCUT2D eigenvalue weighted by atomic mass is 9.91. The maximum absolute atomic E-state index is 6.67. The second kappa shape index (κ2) is 7.87. The standard InChI is InChI=1S/C37H22O3/c1-21-17-18-24(36-33(21)26-9-2-6-14-30(26)39-36)25-20-19-23(35-28-11-4-7-15-31(28)40-37(25)35)22-12-8-16-32-34(22)27-10-3-5-13-29(27)38-32/h2-20H,1H3. The highest BCUT2D eigenvalue weighted by atomic mass is 16.3. The highest BCUT2D eigenvalue weighted by Crippen LogP contribution is 2.47. The molecule has 0 saturated carbocycles. The monoisotopic (exact) mass is 514 g/mol. The van der Waals surface area contributed by atoms with Gasteiger partial charge in [0.05, 0.1) is 0 Å². The van der Waals surface area contributed by atoms with Crippen molar-refractivity contribution >= 4 is 65.8 Å². The molecular formula is C37H22O3. The van der Waals surface area contributed by atoms with Gasteiger partial charge in [-0.1, -0.05) is 84.9 Å². The van der Waals surface area contributed by atoms with Gasteiger partial charge >= 0.3 is 0 Å². The molecule has 9 aromatic rings. The van der Waals surface area contributed by atoms with E-state index in [4.69, 9.17) is 13.3 Å². The van der Waals surface area contributed by atoms with Crippen molar-refractivity contribution in [1.29, 1.82) is 0 Å². The summed E-state index contributed by atoms with van der Waals surface area (Å²) in [6.07, 6.45) is 0. The first-order chi connectivity index (χ1) is 19.8. The van der Waals surface area contributed by atoms with Gasteiger partial charge in [-0.15, -0.1) is 0 Å². The molecule has 0 atom stereocenters. The molecule has 40 heavy (non-hydrogen) atoms. The van der Waals surface area contributed by atoms with Crippen LogP contribution in [0.15, 0.2) is 129 Å². The lowest BCUT2D eigenvalue weighted by Crippen LogP contribution is -1.86. The predicted molar refractivity (Wildman–Crippen MR) is 164 cm³/mol. The fraction of sp³-hybridized carbons (Fsp3) is 0.0270. The molecule has 3 aromatic heterocycles. The average Bonchev–Trinajstić information content (AvgIpc) is 3.69. The van der Waals surface area contributed by atoms with Crippen LogP contribution in [0.1, 0.15) is 5.56 Å². The van der Waals surface area contributed by atoms with E-state index in [2.05, 4.69) is 79.7 Å². The Morgan fingerprint density at radius 1 is 0.350 bits per heavy atom. The van der Waals surface area contributed by atoms with Crippen molar-refractivity contribution in [3.8, 4) is 22.3 Å². The zero-order valence-corrected chi connectivity index (χ0v) is 21.7. The fourth-order valence-electron chi connectivity index (χ4n) is 6.47. The lowest BCUT2D eigenvalue weighted by Gasteiger charge is -2.10. The van der Waals surface area contributed by atoms with Gasteiger partial charge < -0.3 is 13.3 Å². The summed E-state index contributed by atoms with van der Waals surface area (Å²) in [7, 11) is 0. The summed E-state index contributed by atoms with van der Waals surface area (Å²) in [5.74, 6) is 0. The number of hydrogen-bond donors (Lipinski definition) is 0. The quantitative estimate of drug-likeness (QED) is 0.230. The average molecular weight is 515 g/mol. The van der Waals surface area contributed by atoms with Gasteiger partial charge in [-0.3, -0.25) is 0 Å². The second-order valence-electron chi connectivity index (χ2n) is 10.5. The molecule has 0 radical (unpaired) electrons. The molecule has 0 aliphatic carbocycles. The highest BCUT2D eigenvalue weighted by molar-refractivity contribution is 6.22. The number of benzene rings is 6. The van der Waals surface area contributed by atoms with Crippen LogP contribution in [0, 0.1) is 6.92 Å². The van der Waals surface area contributed by atoms with E-state index in [1.54, 1.807) is 0 Å². The molecule has 6 aromatic carbocycles. The molecule has 3 nitrogen and oxygen atoms in total. The summed E-state index contributed by atoms with van der Waals surface area (Å²) >= 11 is 0. The number of rotatable bonds is 2. The van der Waals surface area contributed by atoms with Crippen molar-refractivity contribution < 1.29 is 13.3 Å². The van der Waals surface area contributed by atoms with E-state index in [9.17, 15) is 0 Å². The summed E-state index contributed by atoms with van der Waals surface area (Å²) in [4.78, 5) is 0. The normalized spacial score (nSPS) is 12.1. The van der Waals surface area contributed by atoms with E-state index in [0.717, 1.165) is 88.1 Å². The molecule has 188 valence electrons. The molecule has 3 heteroatoms. The summed E-state index contributed by atoms with van der Waals surface area (Å²) in [5, 5.41) is 6.69. The first-order valence-corrected chi connectivity index (χ1v) is 13.5. The third-order valence-corrected chi connectivity index (χ3v) is 8.24. The molecule has 0 unspecified atom stereocenters. The molecule has 9 rings (SSSR count). The number of hydrogen-bond acceptors (Lipinski definition) is 3. The molecule has 0 saturated heterocycles. The molecule has 0 spiro atoms. The van der Waals surface area contributed by atoms with Crippen LogP contribution in [0.3, 0.4) is 0 Å². The Morgan fingerprint density at radius 2 is 0.825 bits per heavy atom. The van der Waals surface area contributed by atoms with Crippen LogP contribution in [0.5, 0.6) is 0 Å². The Balaban J connectivity index is 1.42. The second-order valence-corrected chi connectivity index (χ2v) is 10.5. The van der Waals surface area contributed by atoms with Crippen molar-refractivity contribution in [2.75, 3.05) is 0 Å². The van der Waals surface area contributed by atoms with Gasteiger partial charge in [-0.25, -0.2) is 0 Å². The largest absolute Gasteiger partial charge is 0.456 e. The summed E-state index contributed by atoms with van der Waals surface area (Å²) in [6, 6.07) is 39.8. The fourth-order valence-corrected chi connectivity index (χ4v) is 6.47. The highest BCUT2D eigenvalue weighted by Gasteiger charge is 2.22. The first-order valence-electron chi connectivity index (χ1n) is 13.5. The van der Waals surface area contributed by atoms with Crippen molar-refractivity contribution in [3.63, 3.8) is 0 Å². The van der Waals surface area contributed by atoms with Gasteiger partial charge in [0.2, 0.25) is 0 Å². The molecule has 0 amide bonds. The Morgan fingerprint density at radius 3 is 1.52 bits per heavy atom. The summed E-state index contributed by atoms with van der Waals surface area (Å²) in [5.41, 5.74) is 10.8. The van der Waals surface area contributed by atoms with Crippen LogP contribution < -0.4 is 0 Å². The summed E-state index contributed by atoms with van der Waals surface area (Å²) < 4.78 is 19.4. The maximum atomic E-state index is 6.67. The van der Waals surface area contributed by atoms with E-state index >= 15 is 0 Å². The van der Waals surface area contributed by atoms with Gasteiger partial charge in [0, 0.05) is 43.4 Å². The molecule has 3 heterocycles. The van der Waals surface area contributed by atoms with Crippen molar-refractivity contribution in [2.24, 2.45) is 0 Å². The smallest absolute Gasteiger partial charge is 0.144 e. The molecule has 0 fully saturated rings. The molecule has 0 N–H and O–H groups in total. The van der Waals surface area contributed by atoms with E-state index in [-0.39, 0.29) is 0 Å². The lowest BCUT2D eigenvalue weighted by molar-refractivity contribution is 0.665. The minimum Gasteiger partial charge on any atom is -0.456 e. The number of fused-ring (bicyclic) bond motifs is 9. The topological polar surface area (TPSA) is 39.4 Å². The van der Waals surface area contributed by atoms with Crippen LogP contribution in [0.4, 0.5) is 0 Å². The number of para-hydroxylation sites is 3. The Hall–Kier alpha value is -5.28. The number of furan rings is 3. The van der Waals surface area contributed by atoms with Crippen LogP contribution in [-0.2, 0) is 0 Å². The van der Waals surface area contributed by atoms with Gasteiger partial charge in [0.25, 0.3) is 0 Å². The van der Waals surface area contributed by atoms with E-state index in [1.165, 1.54) is 5.56 Å². The van der Waals surface area contributed by atoms with E-state index < -0.39 is 0 Å². The molecule has 0 aliphatic rings. The predicted octanol–water partition coefficient (Wildman–Crippen LogP) is 11.0. The van der Waals surface area contributed by atoms with Gasteiger partial charge in [0.15, 0.2) is 0 Å². The van der Waals surface area contributed by atoms with E-state index in [1.807, 2.05) is 42.5 Å². The van der Waals surface area contributed by atoms with Gasteiger partial charge in [0.1, 0.15) is 33.5 Å². The van der Waals surface area contributed by atoms with Crippen molar-refractivity contribution in [2.45, 2.75) is 6.92 Å². The maximum Gasteiger partial charge on any atom is 0.144 e. The van der Waals surface area contributed by atoms with Crippen LogP contribution in [-0.4, -0.2) is 0 Å². The zero-order chi connectivity index (χ0) is 26.4. The van der Waals surface area contributed by atoms with Crippen LogP contribution in [0.25, 0.3) is 88.1 Å². The van der Waals surface area contributed by atoms with Crippen LogP contribution in [0.2, 0.25) is 0 Å². The third kappa shape index (κ3) is 2.84. The Bertz CT molecular complexity index is 2450. The third-order valence-electron chi connectivity index (χ3n) is 8.24. The minimum absolute atomic E-state index is 0.856. The van der Waals surface area contributed by atoms with Crippen LogP contribution >= 0.6 is 0 Å². The molecule has 0 bridgehead atoms. The van der Waals surface area contributed by atoms with Crippen molar-refractivity contribution in [1.82, 2.24) is 0 Å². The molecular weight excluding hydrogens is 492 g/mol. The molecule has 0 aliphatic heterocycles. The summed E-state index contributed by atoms with van der Waals surface area (Å²) in [6.45, 7) is 2.14. The van der Waals surface area contributed by atoms with Crippen molar-refractivity contribution in [3.05, 3.63) is 121 Å². The van der Waals surface area contributed by atoms with Gasteiger partial charge in [-0.05, 0) is 53.9 Å².